The first-order valence-corrected chi connectivity index (χ1v) is 4.89. The maximum absolute atomic E-state index is 11.3. The largest absolute Gasteiger partial charge is 0.450 e. The summed E-state index contributed by atoms with van der Waals surface area (Å²) in [6.45, 7) is 6.83. The van der Waals surface area contributed by atoms with Crippen molar-refractivity contribution < 1.29 is 9.53 Å². The Morgan fingerprint density at radius 2 is 2.38 bits per heavy atom. The van der Waals surface area contributed by atoms with Gasteiger partial charge in [0.15, 0.2) is 0 Å². The first kappa shape index (κ1) is 10.3. The van der Waals surface area contributed by atoms with Gasteiger partial charge in [-0.3, -0.25) is 0 Å². The normalized spacial score (nSPS) is 23.8. The Hall–Kier alpha value is -0.770. The average molecular weight is 186 g/mol. The standard InChI is InChI=1S/C9H18N2O2/c1-3-13-9(12)11-6-4-8(2)10-5-7-11/h8,10H,3-7H2,1-2H3. The van der Waals surface area contributed by atoms with Crippen molar-refractivity contribution in [3.05, 3.63) is 0 Å². The third kappa shape index (κ3) is 3.22. The number of rotatable bonds is 1. The van der Waals surface area contributed by atoms with E-state index in [9.17, 15) is 4.79 Å². The van der Waals surface area contributed by atoms with Gasteiger partial charge in [0.2, 0.25) is 0 Å². The summed E-state index contributed by atoms with van der Waals surface area (Å²) in [4.78, 5) is 13.1. The van der Waals surface area contributed by atoms with Crippen molar-refractivity contribution in [2.24, 2.45) is 0 Å². The molecule has 0 bridgehead atoms. The molecule has 0 aromatic heterocycles. The third-order valence-electron chi connectivity index (χ3n) is 2.23. The van der Waals surface area contributed by atoms with Crippen molar-refractivity contribution in [3.63, 3.8) is 0 Å². The van der Waals surface area contributed by atoms with Gasteiger partial charge in [0.1, 0.15) is 0 Å². The van der Waals surface area contributed by atoms with E-state index >= 15 is 0 Å². The van der Waals surface area contributed by atoms with Crippen LogP contribution in [0.2, 0.25) is 0 Å². The van der Waals surface area contributed by atoms with Crippen LogP contribution in [0.5, 0.6) is 0 Å². The molecule has 13 heavy (non-hydrogen) atoms. The second kappa shape index (κ2) is 5.07. The van der Waals surface area contributed by atoms with E-state index in [2.05, 4.69) is 12.2 Å². The highest BCUT2D eigenvalue weighted by atomic mass is 16.6. The lowest BCUT2D eigenvalue weighted by atomic mass is 10.2. The van der Waals surface area contributed by atoms with Crippen molar-refractivity contribution in [2.75, 3.05) is 26.2 Å². The van der Waals surface area contributed by atoms with Gasteiger partial charge in [0.25, 0.3) is 0 Å². The molecule has 1 amide bonds. The Balaban J connectivity index is 2.37. The number of carbonyl (C=O) groups excluding carboxylic acids is 1. The van der Waals surface area contributed by atoms with E-state index in [4.69, 9.17) is 4.74 Å². The maximum atomic E-state index is 11.3. The molecule has 1 heterocycles. The minimum Gasteiger partial charge on any atom is -0.450 e. The molecule has 0 aromatic carbocycles. The summed E-state index contributed by atoms with van der Waals surface area (Å²) in [7, 11) is 0. The van der Waals surface area contributed by atoms with Crippen molar-refractivity contribution >= 4 is 6.09 Å². The van der Waals surface area contributed by atoms with Crippen molar-refractivity contribution in [3.8, 4) is 0 Å². The number of hydrogen-bond acceptors (Lipinski definition) is 3. The predicted molar refractivity (Wildman–Crippen MR) is 50.7 cm³/mol. The fourth-order valence-electron chi connectivity index (χ4n) is 1.41. The van der Waals surface area contributed by atoms with Gasteiger partial charge < -0.3 is 15.0 Å². The molecular weight excluding hydrogens is 168 g/mol. The summed E-state index contributed by atoms with van der Waals surface area (Å²) in [5.74, 6) is 0. The fraction of sp³-hybridized carbons (Fsp3) is 0.889. The highest BCUT2D eigenvalue weighted by Gasteiger charge is 2.18. The molecule has 0 radical (unpaired) electrons. The molecule has 1 aliphatic rings. The van der Waals surface area contributed by atoms with Gasteiger partial charge in [-0.1, -0.05) is 0 Å². The van der Waals surface area contributed by atoms with Gasteiger partial charge >= 0.3 is 6.09 Å². The van der Waals surface area contributed by atoms with Crippen LogP contribution in [-0.2, 0) is 4.74 Å². The second-order valence-electron chi connectivity index (χ2n) is 3.33. The molecule has 4 nitrogen and oxygen atoms in total. The SMILES string of the molecule is CCOC(=O)N1CCNC(C)CC1. The highest BCUT2D eigenvalue weighted by molar-refractivity contribution is 5.67. The lowest BCUT2D eigenvalue weighted by Gasteiger charge is -2.18. The fourth-order valence-corrected chi connectivity index (χ4v) is 1.41. The minimum atomic E-state index is -0.182. The summed E-state index contributed by atoms with van der Waals surface area (Å²) in [5.41, 5.74) is 0. The Kier molecular flexibility index (Phi) is 4.02. The van der Waals surface area contributed by atoms with Crippen LogP contribution in [0.3, 0.4) is 0 Å². The van der Waals surface area contributed by atoms with Gasteiger partial charge in [0.05, 0.1) is 6.61 Å². The molecule has 1 unspecified atom stereocenters. The summed E-state index contributed by atoms with van der Waals surface area (Å²) in [6.07, 6.45) is 0.817. The minimum absolute atomic E-state index is 0.182. The summed E-state index contributed by atoms with van der Waals surface area (Å²) < 4.78 is 4.93. The van der Waals surface area contributed by atoms with Crippen molar-refractivity contribution in [1.82, 2.24) is 10.2 Å². The topological polar surface area (TPSA) is 41.6 Å². The number of ether oxygens (including phenoxy) is 1. The third-order valence-corrected chi connectivity index (χ3v) is 2.23. The molecule has 0 saturated carbocycles. The molecule has 0 aliphatic carbocycles. The lowest BCUT2D eigenvalue weighted by Crippen LogP contribution is -2.34. The molecular formula is C9H18N2O2. The molecule has 4 heteroatoms. The molecule has 1 atom stereocenters. The lowest BCUT2D eigenvalue weighted by molar-refractivity contribution is 0.109. The number of hydrogen-bond donors (Lipinski definition) is 1. The average Bonchev–Trinajstić information content (AvgIpc) is 2.30. The smallest absolute Gasteiger partial charge is 0.409 e. The van der Waals surface area contributed by atoms with Gasteiger partial charge in [0, 0.05) is 25.7 Å². The van der Waals surface area contributed by atoms with Gasteiger partial charge in [-0.25, -0.2) is 4.79 Å². The summed E-state index contributed by atoms with van der Waals surface area (Å²) >= 11 is 0. The van der Waals surface area contributed by atoms with Crippen LogP contribution in [0, 0.1) is 0 Å². The van der Waals surface area contributed by atoms with Crippen molar-refractivity contribution in [2.45, 2.75) is 26.3 Å². The first-order valence-electron chi connectivity index (χ1n) is 4.89. The Morgan fingerprint density at radius 3 is 3.08 bits per heavy atom. The van der Waals surface area contributed by atoms with Gasteiger partial charge in [-0.2, -0.15) is 0 Å². The van der Waals surface area contributed by atoms with E-state index in [0.717, 1.165) is 26.1 Å². The quantitative estimate of drug-likeness (QED) is 0.659. The van der Waals surface area contributed by atoms with E-state index in [1.165, 1.54) is 0 Å². The number of nitrogens with one attached hydrogen (secondary N) is 1. The molecule has 1 fully saturated rings. The van der Waals surface area contributed by atoms with E-state index in [-0.39, 0.29) is 6.09 Å². The van der Waals surface area contributed by atoms with Crippen LogP contribution in [-0.4, -0.2) is 43.3 Å². The van der Waals surface area contributed by atoms with E-state index in [1.54, 1.807) is 4.90 Å². The molecule has 0 aromatic rings. The summed E-state index contributed by atoms with van der Waals surface area (Å²) in [6, 6.07) is 0.499. The summed E-state index contributed by atoms with van der Waals surface area (Å²) in [5, 5.41) is 3.32. The zero-order valence-electron chi connectivity index (χ0n) is 8.38. The monoisotopic (exact) mass is 186 g/mol. The van der Waals surface area contributed by atoms with Crippen LogP contribution >= 0.6 is 0 Å². The van der Waals surface area contributed by atoms with Gasteiger partial charge in [-0.05, 0) is 20.3 Å². The number of nitrogens with zero attached hydrogens (tertiary/aromatic N) is 1. The highest BCUT2D eigenvalue weighted by Crippen LogP contribution is 2.02. The second-order valence-corrected chi connectivity index (χ2v) is 3.33. The molecule has 1 N–H and O–H groups in total. The van der Waals surface area contributed by atoms with Crippen LogP contribution in [0.25, 0.3) is 0 Å². The van der Waals surface area contributed by atoms with Crippen LogP contribution in [0.4, 0.5) is 4.79 Å². The molecule has 1 aliphatic heterocycles. The molecule has 0 spiro atoms. The predicted octanol–water partition coefficient (Wildman–Crippen LogP) is 0.827. The van der Waals surface area contributed by atoms with Gasteiger partial charge in [-0.15, -0.1) is 0 Å². The van der Waals surface area contributed by atoms with E-state index in [0.29, 0.717) is 12.6 Å². The van der Waals surface area contributed by atoms with Crippen LogP contribution in [0.15, 0.2) is 0 Å². The Labute approximate surface area is 79.2 Å². The number of amides is 1. The zero-order valence-corrected chi connectivity index (χ0v) is 8.38. The Bertz CT molecular complexity index is 173. The van der Waals surface area contributed by atoms with Crippen molar-refractivity contribution in [1.29, 1.82) is 0 Å². The number of carbonyl (C=O) groups is 1. The zero-order chi connectivity index (χ0) is 9.68. The maximum Gasteiger partial charge on any atom is 0.409 e. The molecule has 1 saturated heterocycles. The first-order chi connectivity index (χ1) is 6.24. The molecule has 1 rings (SSSR count). The van der Waals surface area contributed by atoms with E-state index < -0.39 is 0 Å². The molecule has 76 valence electrons. The van der Waals surface area contributed by atoms with Crippen LogP contribution in [0.1, 0.15) is 20.3 Å². The Morgan fingerprint density at radius 1 is 1.62 bits per heavy atom. The van der Waals surface area contributed by atoms with Crippen LogP contribution < -0.4 is 5.32 Å². The van der Waals surface area contributed by atoms with E-state index in [1.807, 2.05) is 6.92 Å².